The van der Waals surface area contributed by atoms with E-state index in [2.05, 4.69) is 30.8 Å². The third-order valence-electron chi connectivity index (χ3n) is 5.02. The maximum absolute atomic E-state index is 12.6. The van der Waals surface area contributed by atoms with Gasteiger partial charge in [0.15, 0.2) is 0 Å². The number of aryl methyl sites for hydroxylation is 1. The van der Waals surface area contributed by atoms with Crippen molar-refractivity contribution in [3.8, 4) is 0 Å². The largest absolute Gasteiger partial charge is 0.275 e. The second kappa shape index (κ2) is 7.14. The summed E-state index contributed by atoms with van der Waals surface area (Å²) >= 11 is 0. The maximum atomic E-state index is 12.6. The van der Waals surface area contributed by atoms with Crippen LogP contribution < -0.4 is 0 Å². The molecule has 4 heteroatoms. The molecule has 2 aromatic carbocycles. The van der Waals surface area contributed by atoms with Crippen LogP contribution in [-0.4, -0.2) is 31.2 Å². The van der Waals surface area contributed by atoms with Crippen LogP contribution in [0.1, 0.15) is 39.6 Å². The van der Waals surface area contributed by atoms with E-state index in [1.807, 2.05) is 25.1 Å². The first-order valence-electron chi connectivity index (χ1n) is 8.60. The molecule has 1 heterocycles. The number of rotatable bonds is 6. The summed E-state index contributed by atoms with van der Waals surface area (Å²) in [7, 11) is -1.21. The minimum Gasteiger partial charge on any atom is -0.275 e. The van der Waals surface area contributed by atoms with Gasteiger partial charge in [-0.25, -0.2) is 0 Å². The summed E-state index contributed by atoms with van der Waals surface area (Å²) in [6.45, 7) is 4.31. The minimum atomic E-state index is -1.21. The van der Waals surface area contributed by atoms with Gasteiger partial charge in [-0.1, -0.05) is 61.5 Å². The van der Waals surface area contributed by atoms with Crippen LogP contribution in [0.3, 0.4) is 0 Å². The number of carbonyl (C=O) groups excluding carboxylic acids is 2. The molecule has 2 amide bonds. The monoisotopic (exact) mass is 337 g/mol. The Bertz CT molecular complexity index is 709. The zero-order chi connectivity index (χ0) is 17.1. The molecule has 0 N–H and O–H groups in total. The van der Waals surface area contributed by atoms with E-state index in [-0.39, 0.29) is 17.5 Å². The molecule has 1 aliphatic heterocycles. The van der Waals surface area contributed by atoms with Crippen LogP contribution >= 0.6 is 0 Å². The summed E-state index contributed by atoms with van der Waals surface area (Å²) in [6.07, 6.45) is 2.18. The Morgan fingerprint density at radius 2 is 1.46 bits per heavy atom. The Labute approximate surface area is 144 Å². The molecule has 1 aliphatic rings. The highest BCUT2D eigenvalue weighted by Gasteiger charge is 2.39. The van der Waals surface area contributed by atoms with Crippen molar-refractivity contribution in [2.24, 2.45) is 0 Å². The van der Waals surface area contributed by atoms with E-state index >= 15 is 0 Å². The molecule has 2 atom stereocenters. The summed E-state index contributed by atoms with van der Waals surface area (Å²) in [5, 5.41) is 0. The highest BCUT2D eigenvalue weighted by molar-refractivity contribution is 6.59. The predicted octanol–water partition coefficient (Wildman–Crippen LogP) is 3.70. The molecule has 0 spiro atoms. The molecule has 0 radical (unpaired) electrons. The lowest BCUT2D eigenvalue weighted by molar-refractivity contribution is 0.0638. The molecule has 0 aromatic heterocycles. The van der Waals surface area contributed by atoms with E-state index < -0.39 is 8.80 Å². The number of fused-ring (bicyclic) bond motifs is 1. The van der Waals surface area contributed by atoms with Crippen LogP contribution in [0.4, 0.5) is 0 Å². The molecular formula is C20H23NO2Si. The van der Waals surface area contributed by atoms with E-state index in [0.717, 1.165) is 18.9 Å². The van der Waals surface area contributed by atoms with Crippen molar-refractivity contribution in [1.29, 1.82) is 0 Å². The predicted molar refractivity (Wildman–Crippen MR) is 99.0 cm³/mol. The molecule has 0 aliphatic carbocycles. The number of hydrogen-bond acceptors (Lipinski definition) is 2. The van der Waals surface area contributed by atoms with Gasteiger partial charge in [0, 0.05) is 5.67 Å². The molecular weight excluding hydrogens is 314 g/mol. The van der Waals surface area contributed by atoms with Crippen LogP contribution in [0.15, 0.2) is 54.6 Å². The Morgan fingerprint density at radius 3 is 2.04 bits per heavy atom. The minimum absolute atomic E-state index is 0.0492. The van der Waals surface area contributed by atoms with Crippen molar-refractivity contribution in [2.75, 3.05) is 0 Å². The average Bonchev–Trinajstić information content (AvgIpc) is 2.86. The molecule has 2 unspecified atom stereocenters. The van der Waals surface area contributed by atoms with Gasteiger partial charge in [-0.05, 0) is 31.0 Å². The van der Waals surface area contributed by atoms with Gasteiger partial charge in [-0.3, -0.25) is 14.5 Å². The number of amides is 2. The molecule has 3 rings (SSSR count). The van der Waals surface area contributed by atoms with Crippen molar-refractivity contribution in [2.45, 2.75) is 38.0 Å². The summed E-state index contributed by atoms with van der Waals surface area (Å²) in [5.74, 6) is -0.240. The van der Waals surface area contributed by atoms with Crippen LogP contribution in [-0.2, 0) is 6.42 Å². The van der Waals surface area contributed by atoms with Gasteiger partial charge in [-0.15, -0.1) is 0 Å². The first kappa shape index (κ1) is 16.6. The molecule has 0 saturated carbocycles. The lowest BCUT2D eigenvalue weighted by atomic mass is 10.1. The molecule has 0 bridgehead atoms. The highest BCUT2D eigenvalue weighted by atomic mass is 28.3. The lowest BCUT2D eigenvalue weighted by Gasteiger charge is -2.27. The quantitative estimate of drug-likeness (QED) is 0.595. The lowest BCUT2D eigenvalue weighted by Crippen LogP contribution is -2.46. The van der Waals surface area contributed by atoms with Gasteiger partial charge >= 0.3 is 0 Å². The fourth-order valence-electron chi connectivity index (χ4n) is 3.35. The Kier molecular flexibility index (Phi) is 4.95. The van der Waals surface area contributed by atoms with Crippen LogP contribution in [0.5, 0.6) is 0 Å². The Balaban J connectivity index is 1.61. The average molecular weight is 337 g/mol. The van der Waals surface area contributed by atoms with Crippen molar-refractivity contribution in [3.63, 3.8) is 0 Å². The molecule has 0 saturated heterocycles. The van der Waals surface area contributed by atoms with Crippen LogP contribution in [0, 0.1) is 0 Å². The topological polar surface area (TPSA) is 37.4 Å². The second-order valence-corrected chi connectivity index (χ2v) is 10.1. The first-order chi connectivity index (χ1) is 11.6. The summed E-state index contributed by atoms with van der Waals surface area (Å²) in [6, 6.07) is 18.7. The maximum Gasteiger partial charge on any atom is 0.261 e. The van der Waals surface area contributed by atoms with Crippen molar-refractivity contribution >= 4 is 20.6 Å². The Hall–Kier alpha value is -2.20. The van der Waals surface area contributed by atoms with Gasteiger partial charge in [0.2, 0.25) is 0 Å². The van der Waals surface area contributed by atoms with Gasteiger partial charge < -0.3 is 0 Å². The van der Waals surface area contributed by atoms with Crippen molar-refractivity contribution in [3.05, 3.63) is 71.3 Å². The van der Waals surface area contributed by atoms with Crippen LogP contribution in [0.2, 0.25) is 12.6 Å². The van der Waals surface area contributed by atoms with E-state index in [1.54, 1.807) is 12.1 Å². The van der Waals surface area contributed by atoms with Gasteiger partial charge in [0.1, 0.15) is 0 Å². The molecule has 3 nitrogen and oxygen atoms in total. The number of benzene rings is 2. The smallest absolute Gasteiger partial charge is 0.261 e. The molecule has 124 valence electrons. The van der Waals surface area contributed by atoms with Crippen molar-refractivity contribution < 1.29 is 9.59 Å². The van der Waals surface area contributed by atoms with E-state index in [4.69, 9.17) is 0 Å². The summed E-state index contributed by atoms with van der Waals surface area (Å²) < 4.78 is 0. The zero-order valence-electron chi connectivity index (χ0n) is 14.2. The van der Waals surface area contributed by atoms with E-state index in [0.29, 0.717) is 11.1 Å². The van der Waals surface area contributed by atoms with Gasteiger partial charge in [-0.2, -0.15) is 0 Å². The summed E-state index contributed by atoms with van der Waals surface area (Å²) in [5.41, 5.74) is 2.51. The normalized spacial score (nSPS) is 16.2. The number of imide groups is 1. The van der Waals surface area contributed by atoms with Crippen LogP contribution in [0.25, 0.3) is 0 Å². The fraction of sp³-hybridized carbons (Fsp3) is 0.300. The molecule has 24 heavy (non-hydrogen) atoms. The number of hydrogen-bond donors (Lipinski definition) is 0. The third-order valence-corrected chi connectivity index (χ3v) is 8.29. The second-order valence-electron chi connectivity index (χ2n) is 6.62. The standard InChI is InChI=1S/C20H23NO2Si/c1-15(24(2)14-8-11-16-9-4-3-5-10-16)21-19(22)17-12-6-7-13-18(17)20(21)23/h3-7,9-10,12-13,15,24H,8,11,14H2,1-2H3. The van der Waals surface area contributed by atoms with E-state index in [1.165, 1.54) is 10.5 Å². The van der Waals surface area contributed by atoms with Gasteiger partial charge in [0.25, 0.3) is 11.8 Å². The van der Waals surface area contributed by atoms with Crippen molar-refractivity contribution in [1.82, 2.24) is 4.90 Å². The molecule has 2 aromatic rings. The molecule has 0 fully saturated rings. The number of carbonyl (C=O) groups is 2. The first-order valence-corrected chi connectivity index (χ1v) is 11.2. The fourth-order valence-corrected chi connectivity index (χ4v) is 5.46. The number of nitrogens with zero attached hydrogens (tertiary/aromatic N) is 1. The summed E-state index contributed by atoms with van der Waals surface area (Å²) in [4.78, 5) is 26.7. The SMILES string of the molecule is CC(N1C(=O)c2ccccc2C1=O)[SiH](C)CCCc1ccccc1. The zero-order valence-corrected chi connectivity index (χ0v) is 15.4. The Morgan fingerprint density at radius 1 is 0.917 bits per heavy atom. The van der Waals surface area contributed by atoms with E-state index in [9.17, 15) is 9.59 Å². The van der Waals surface area contributed by atoms with Gasteiger partial charge in [0.05, 0.1) is 19.9 Å². The highest BCUT2D eigenvalue weighted by Crippen LogP contribution is 2.26. The third kappa shape index (κ3) is 3.19.